The number of benzene rings is 2. The van der Waals surface area contributed by atoms with E-state index in [1.165, 1.54) is 4.90 Å². The molecule has 6 nitrogen and oxygen atoms in total. The summed E-state index contributed by atoms with van der Waals surface area (Å²) >= 11 is 11.6. The van der Waals surface area contributed by atoms with Gasteiger partial charge in [0.15, 0.2) is 16.6 Å². The third kappa shape index (κ3) is 4.16. The van der Waals surface area contributed by atoms with Crippen LogP contribution in [0, 0.1) is 0 Å². The van der Waals surface area contributed by atoms with Crippen molar-refractivity contribution in [3.63, 3.8) is 0 Å². The minimum absolute atomic E-state index is 0.131. The second-order valence-electron chi connectivity index (χ2n) is 6.22. The monoisotopic (exact) mass is 432 g/mol. The van der Waals surface area contributed by atoms with Crippen LogP contribution < -0.4 is 14.4 Å². The Hall–Kier alpha value is -2.77. The normalized spacial score (nSPS) is 15.4. The zero-order chi connectivity index (χ0) is 21.1. The molecular formula is C21H21ClN2O4S. The SMILES string of the molecule is CCOc1ccc(N2C(=O)/C(=C/c3cc(Cl)c(O)c(OCC)c3)N(C)C2=S)cc1. The van der Waals surface area contributed by atoms with Gasteiger partial charge in [0.2, 0.25) is 0 Å². The van der Waals surface area contributed by atoms with Gasteiger partial charge in [-0.3, -0.25) is 9.69 Å². The first kappa shape index (κ1) is 21.0. The van der Waals surface area contributed by atoms with E-state index in [2.05, 4.69) is 0 Å². The average Bonchev–Trinajstić information content (AvgIpc) is 2.90. The highest BCUT2D eigenvalue weighted by atomic mass is 35.5. The largest absolute Gasteiger partial charge is 0.503 e. The highest BCUT2D eigenvalue weighted by molar-refractivity contribution is 7.80. The van der Waals surface area contributed by atoms with E-state index in [1.807, 2.05) is 6.92 Å². The predicted molar refractivity (Wildman–Crippen MR) is 118 cm³/mol. The fraction of sp³-hybridized carbons (Fsp3) is 0.238. The van der Waals surface area contributed by atoms with E-state index in [4.69, 9.17) is 33.3 Å². The number of amides is 1. The fourth-order valence-corrected chi connectivity index (χ4v) is 3.45. The lowest BCUT2D eigenvalue weighted by Gasteiger charge is -2.16. The maximum absolute atomic E-state index is 13.1. The lowest BCUT2D eigenvalue weighted by molar-refractivity contribution is -0.114. The summed E-state index contributed by atoms with van der Waals surface area (Å²) < 4.78 is 10.9. The third-order valence-electron chi connectivity index (χ3n) is 4.32. The van der Waals surface area contributed by atoms with Gasteiger partial charge in [-0.25, -0.2) is 0 Å². The van der Waals surface area contributed by atoms with E-state index in [0.717, 1.165) is 5.75 Å². The molecule has 1 amide bonds. The van der Waals surface area contributed by atoms with Gasteiger partial charge in [0.1, 0.15) is 11.4 Å². The summed E-state index contributed by atoms with van der Waals surface area (Å²) in [5.74, 6) is 0.586. The van der Waals surface area contributed by atoms with E-state index in [1.54, 1.807) is 61.3 Å². The number of halogens is 1. The molecule has 3 rings (SSSR count). The topological polar surface area (TPSA) is 62.2 Å². The molecule has 0 aliphatic carbocycles. The molecule has 2 aromatic rings. The zero-order valence-electron chi connectivity index (χ0n) is 16.3. The molecule has 29 heavy (non-hydrogen) atoms. The summed E-state index contributed by atoms with van der Waals surface area (Å²) in [4.78, 5) is 16.2. The second-order valence-corrected chi connectivity index (χ2v) is 6.99. The molecular weight excluding hydrogens is 412 g/mol. The molecule has 2 aromatic carbocycles. The number of phenols is 1. The highest BCUT2D eigenvalue weighted by Gasteiger charge is 2.36. The number of likely N-dealkylation sites (N-methyl/N-ethyl adjacent to an activating group) is 1. The summed E-state index contributed by atoms with van der Waals surface area (Å²) in [6, 6.07) is 10.4. The molecule has 1 aliphatic heterocycles. The van der Waals surface area contributed by atoms with Crippen LogP contribution in [0.3, 0.4) is 0 Å². The number of anilines is 1. The molecule has 0 saturated carbocycles. The van der Waals surface area contributed by atoms with Crippen molar-refractivity contribution in [1.29, 1.82) is 0 Å². The Kier molecular flexibility index (Phi) is 6.30. The van der Waals surface area contributed by atoms with E-state index >= 15 is 0 Å². The zero-order valence-corrected chi connectivity index (χ0v) is 17.9. The van der Waals surface area contributed by atoms with Crippen molar-refractivity contribution in [2.75, 3.05) is 25.2 Å². The number of rotatable bonds is 6. The number of ether oxygens (including phenoxy) is 2. The lowest BCUT2D eigenvalue weighted by Crippen LogP contribution is -2.31. The molecule has 1 heterocycles. The van der Waals surface area contributed by atoms with Crippen LogP contribution in [-0.4, -0.2) is 41.3 Å². The first-order valence-electron chi connectivity index (χ1n) is 9.09. The van der Waals surface area contributed by atoms with Crippen molar-refractivity contribution in [1.82, 2.24) is 4.90 Å². The summed E-state index contributed by atoms with van der Waals surface area (Å²) in [5.41, 5.74) is 1.65. The minimum Gasteiger partial charge on any atom is -0.503 e. The smallest absolute Gasteiger partial charge is 0.281 e. The number of hydrogen-bond donors (Lipinski definition) is 1. The van der Waals surface area contributed by atoms with Crippen LogP contribution in [0.5, 0.6) is 17.2 Å². The Balaban J connectivity index is 1.95. The molecule has 152 valence electrons. The first-order valence-corrected chi connectivity index (χ1v) is 9.88. The molecule has 0 unspecified atom stereocenters. The van der Waals surface area contributed by atoms with E-state index < -0.39 is 0 Å². The van der Waals surface area contributed by atoms with Crippen LogP contribution in [0.1, 0.15) is 19.4 Å². The van der Waals surface area contributed by atoms with Gasteiger partial charge in [0, 0.05) is 7.05 Å². The van der Waals surface area contributed by atoms with Crippen LogP contribution in [0.4, 0.5) is 5.69 Å². The van der Waals surface area contributed by atoms with Crippen molar-refractivity contribution < 1.29 is 19.4 Å². The Bertz CT molecular complexity index is 975. The third-order valence-corrected chi connectivity index (χ3v) is 5.07. The van der Waals surface area contributed by atoms with Crippen molar-refractivity contribution >= 4 is 46.6 Å². The Morgan fingerprint density at radius 2 is 1.79 bits per heavy atom. The van der Waals surface area contributed by atoms with Crippen LogP contribution in [0.2, 0.25) is 5.02 Å². The summed E-state index contributed by atoms with van der Waals surface area (Å²) in [6.45, 7) is 4.65. The maximum atomic E-state index is 13.1. The number of aromatic hydroxyl groups is 1. The van der Waals surface area contributed by atoms with Crippen LogP contribution in [-0.2, 0) is 4.79 Å². The molecule has 1 N–H and O–H groups in total. The quantitative estimate of drug-likeness (QED) is 0.537. The molecule has 0 atom stereocenters. The summed E-state index contributed by atoms with van der Waals surface area (Å²) in [5, 5.41) is 10.5. The van der Waals surface area contributed by atoms with Crippen LogP contribution in [0.25, 0.3) is 6.08 Å². The first-order chi connectivity index (χ1) is 13.9. The lowest BCUT2D eigenvalue weighted by atomic mass is 10.1. The Morgan fingerprint density at radius 1 is 1.14 bits per heavy atom. The number of phenolic OH excluding ortho intramolecular Hbond substituents is 1. The Labute approximate surface area is 179 Å². The van der Waals surface area contributed by atoms with Gasteiger partial charge in [0.25, 0.3) is 5.91 Å². The van der Waals surface area contributed by atoms with Gasteiger partial charge >= 0.3 is 0 Å². The second kappa shape index (κ2) is 8.71. The van der Waals surface area contributed by atoms with Gasteiger partial charge < -0.3 is 19.5 Å². The number of carbonyl (C=O) groups excluding carboxylic acids is 1. The molecule has 1 saturated heterocycles. The van der Waals surface area contributed by atoms with Gasteiger partial charge in [-0.1, -0.05) is 11.6 Å². The minimum atomic E-state index is -0.260. The molecule has 8 heteroatoms. The van der Waals surface area contributed by atoms with Crippen molar-refractivity contribution in [2.24, 2.45) is 0 Å². The number of nitrogens with zero attached hydrogens (tertiary/aromatic N) is 2. The van der Waals surface area contributed by atoms with E-state index in [-0.39, 0.29) is 22.4 Å². The van der Waals surface area contributed by atoms with Crippen molar-refractivity contribution in [3.8, 4) is 17.2 Å². The van der Waals surface area contributed by atoms with E-state index in [9.17, 15) is 9.90 Å². The molecule has 1 fully saturated rings. The fourth-order valence-electron chi connectivity index (χ4n) is 2.94. The maximum Gasteiger partial charge on any atom is 0.281 e. The number of thiocarbonyl (C=S) groups is 1. The predicted octanol–water partition coefficient (Wildman–Crippen LogP) is 4.45. The Morgan fingerprint density at radius 3 is 2.41 bits per heavy atom. The molecule has 0 spiro atoms. The highest BCUT2D eigenvalue weighted by Crippen LogP contribution is 2.37. The van der Waals surface area contributed by atoms with Crippen molar-refractivity contribution in [3.05, 3.63) is 52.7 Å². The number of carbonyl (C=O) groups is 1. The standard InChI is InChI=1S/C21H21ClN2O4S/c1-4-27-15-8-6-14(7-9-15)24-20(26)17(23(3)21(24)29)11-13-10-16(22)19(25)18(12-13)28-5-2/h6-12,25H,4-5H2,1-3H3/b17-11-. The molecule has 1 aliphatic rings. The van der Waals surface area contributed by atoms with Gasteiger partial charge in [0.05, 0.1) is 23.9 Å². The van der Waals surface area contributed by atoms with E-state index in [0.29, 0.717) is 35.3 Å². The summed E-state index contributed by atoms with van der Waals surface area (Å²) in [7, 11) is 1.73. The van der Waals surface area contributed by atoms with Gasteiger partial charge in [-0.05, 0) is 74.1 Å². The molecule has 0 bridgehead atoms. The molecule has 0 radical (unpaired) electrons. The van der Waals surface area contributed by atoms with Crippen LogP contribution >= 0.6 is 23.8 Å². The van der Waals surface area contributed by atoms with Gasteiger partial charge in [-0.2, -0.15) is 0 Å². The number of hydrogen-bond acceptors (Lipinski definition) is 5. The average molecular weight is 433 g/mol. The summed E-state index contributed by atoms with van der Waals surface area (Å²) in [6.07, 6.45) is 1.66. The molecule has 0 aromatic heterocycles. The van der Waals surface area contributed by atoms with Crippen molar-refractivity contribution in [2.45, 2.75) is 13.8 Å². The van der Waals surface area contributed by atoms with Crippen LogP contribution in [0.15, 0.2) is 42.1 Å². The van der Waals surface area contributed by atoms with Gasteiger partial charge in [-0.15, -0.1) is 0 Å².